The Morgan fingerprint density at radius 3 is 3.07 bits per heavy atom. The van der Waals surface area contributed by atoms with Crippen LogP contribution in [0.2, 0.25) is 4.47 Å². The third-order valence-corrected chi connectivity index (χ3v) is 3.45. The number of hydrogen-bond acceptors (Lipinski definition) is 4. The zero-order valence-corrected chi connectivity index (χ0v) is 9.31. The minimum atomic E-state index is -0.157. The zero-order valence-electron chi connectivity index (χ0n) is 7.74. The van der Waals surface area contributed by atoms with Crippen LogP contribution in [0.15, 0.2) is 5.38 Å². The second kappa shape index (κ2) is 4.47. The van der Waals surface area contributed by atoms with Crippen molar-refractivity contribution < 1.29 is 5.11 Å². The highest BCUT2D eigenvalue weighted by Gasteiger charge is 2.20. The predicted octanol–water partition coefficient (Wildman–Crippen LogP) is 2.51. The SMILES string of the molecule is OC1CCCC(Nc2csc(Cl)n2)C1. The first-order chi connectivity index (χ1) is 6.74. The third-order valence-electron chi connectivity index (χ3n) is 2.47. The highest BCUT2D eigenvalue weighted by molar-refractivity contribution is 7.14. The monoisotopic (exact) mass is 232 g/mol. The molecule has 1 aromatic rings. The summed E-state index contributed by atoms with van der Waals surface area (Å²) in [6.07, 6.45) is 3.77. The van der Waals surface area contributed by atoms with E-state index in [1.807, 2.05) is 5.38 Å². The highest BCUT2D eigenvalue weighted by Crippen LogP contribution is 2.24. The van der Waals surface area contributed by atoms with Gasteiger partial charge in [0.05, 0.1) is 6.10 Å². The van der Waals surface area contributed by atoms with Crippen LogP contribution in [0.25, 0.3) is 0 Å². The van der Waals surface area contributed by atoms with E-state index in [-0.39, 0.29) is 6.10 Å². The van der Waals surface area contributed by atoms with Crippen LogP contribution >= 0.6 is 22.9 Å². The fourth-order valence-electron chi connectivity index (χ4n) is 1.82. The maximum Gasteiger partial charge on any atom is 0.185 e. The van der Waals surface area contributed by atoms with Gasteiger partial charge in [0.1, 0.15) is 5.82 Å². The van der Waals surface area contributed by atoms with Crippen molar-refractivity contribution in [1.82, 2.24) is 4.98 Å². The molecule has 1 saturated carbocycles. The molecule has 0 bridgehead atoms. The molecule has 2 atom stereocenters. The van der Waals surface area contributed by atoms with Gasteiger partial charge >= 0.3 is 0 Å². The molecule has 5 heteroatoms. The molecule has 0 saturated heterocycles. The van der Waals surface area contributed by atoms with Gasteiger partial charge < -0.3 is 10.4 Å². The summed E-state index contributed by atoms with van der Waals surface area (Å²) >= 11 is 7.15. The van der Waals surface area contributed by atoms with Gasteiger partial charge in [-0.3, -0.25) is 0 Å². The molecule has 3 nitrogen and oxygen atoms in total. The van der Waals surface area contributed by atoms with E-state index in [0.29, 0.717) is 10.5 Å². The Labute approximate surface area is 92.1 Å². The first-order valence-electron chi connectivity index (χ1n) is 4.79. The van der Waals surface area contributed by atoms with E-state index in [4.69, 9.17) is 11.6 Å². The van der Waals surface area contributed by atoms with Gasteiger partial charge in [-0.15, -0.1) is 11.3 Å². The van der Waals surface area contributed by atoms with E-state index in [1.54, 1.807) is 0 Å². The third kappa shape index (κ3) is 2.59. The minimum Gasteiger partial charge on any atom is -0.393 e. The highest BCUT2D eigenvalue weighted by atomic mass is 35.5. The molecule has 0 aromatic carbocycles. The standard InChI is InChI=1S/C9H13ClN2OS/c10-9-12-8(5-14-9)11-6-2-1-3-7(13)4-6/h5-7,11,13H,1-4H2. The quantitative estimate of drug-likeness (QED) is 0.824. The largest absolute Gasteiger partial charge is 0.393 e. The van der Waals surface area contributed by atoms with Crippen LogP contribution in [-0.4, -0.2) is 22.2 Å². The molecular formula is C9H13ClN2OS. The van der Waals surface area contributed by atoms with Gasteiger partial charge in [-0.05, 0) is 25.7 Å². The summed E-state index contributed by atoms with van der Waals surface area (Å²) in [6, 6.07) is 0.344. The summed E-state index contributed by atoms with van der Waals surface area (Å²) < 4.78 is 0.559. The normalized spacial score (nSPS) is 27.6. The van der Waals surface area contributed by atoms with Crippen LogP contribution in [0.4, 0.5) is 5.82 Å². The van der Waals surface area contributed by atoms with E-state index in [0.717, 1.165) is 31.5 Å². The van der Waals surface area contributed by atoms with Gasteiger partial charge in [-0.2, -0.15) is 0 Å². The molecule has 14 heavy (non-hydrogen) atoms. The average Bonchev–Trinajstić information content (AvgIpc) is 2.51. The van der Waals surface area contributed by atoms with Crippen molar-refractivity contribution in [3.63, 3.8) is 0 Å². The molecular weight excluding hydrogens is 220 g/mol. The lowest BCUT2D eigenvalue weighted by molar-refractivity contribution is 0.124. The minimum absolute atomic E-state index is 0.157. The number of rotatable bonds is 2. The number of aliphatic hydroxyl groups is 1. The van der Waals surface area contributed by atoms with Gasteiger partial charge in [0.25, 0.3) is 0 Å². The molecule has 78 valence electrons. The topological polar surface area (TPSA) is 45.1 Å². The van der Waals surface area contributed by atoms with Gasteiger partial charge in [0, 0.05) is 11.4 Å². The van der Waals surface area contributed by atoms with Crippen molar-refractivity contribution in [2.45, 2.75) is 37.8 Å². The van der Waals surface area contributed by atoms with Gasteiger partial charge in [0.2, 0.25) is 0 Å². The van der Waals surface area contributed by atoms with Gasteiger partial charge in [-0.1, -0.05) is 11.6 Å². The summed E-state index contributed by atoms with van der Waals surface area (Å²) in [5.41, 5.74) is 0. The number of aromatic nitrogens is 1. The van der Waals surface area contributed by atoms with E-state index in [2.05, 4.69) is 10.3 Å². The zero-order chi connectivity index (χ0) is 9.97. The lowest BCUT2D eigenvalue weighted by atomic mass is 9.93. The number of anilines is 1. The van der Waals surface area contributed by atoms with E-state index in [9.17, 15) is 5.11 Å². The molecule has 1 aliphatic rings. The van der Waals surface area contributed by atoms with Crippen LogP contribution in [0.3, 0.4) is 0 Å². The summed E-state index contributed by atoms with van der Waals surface area (Å²) in [7, 11) is 0. The Hall–Kier alpha value is -0.320. The molecule has 0 radical (unpaired) electrons. The molecule has 1 aliphatic carbocycles. The van der Waals surface area contributed by atoms with Crippen molar-refractivity contribution in [3.8, 4) is 0 Å². The lowest BCUT2D eigenvalue weighted by Crippen LogP contribution is -2.29. The smallest absolute Gasteiger partial charge is 0.185 e. The summed E-state index contributed by atoms with van der Waals surface area (Å²) in [4.78, 5) is 4.12. The van der Waals surface area contributed by atoms with Crippen molar-refractivity contribution in [3.05, 3.63) is 9.85 Å². The summed E-state index contributed by atoms with van der Waals surface area (Å²) in [6.45, 7) is 0. The van der Waals surface area contributed by atoms with Gasteiger partial charge in [-0.25, -0.2) is 4.98 Å². The van der Waals surface area contributed by atoms with Gasteiger partial charge in [0.15, 0.2) is 4.47 Å². The number of halogens is 1. The molecule has 1 aromatic heterocycles. The maximum absolute atomic E-state index is 9.48. The van der Waals surface area contributed by atoms with Crippen molar-refractivity contribution >= 4 is 28.8 Å². The van der Waals surface area contributed by atoms with E-state index < -0.39 is 0 Å². The number of nitrogens with one attached hydrogen (secondary N) is 1. The number of nitrogens with zero attached hydrogens (tertiary/aromatic N) is 1. The molecule has 1 fully saturated rings. The Kier molecular flexibility index (Phi) is 3.26. The second-order valence-corrected chi connectivity index (χ2v) is 5.09. The average molecular weight is 233 g/mol. The van der Waals surface area contributed by atoms with Crippen LogP contribution in [0, 0.1) is 0 Å². The van der Waals surface area contributed by atoms with Crippen molar-refractivity contribution in [2.24, 2.45) is 0 Å². The Morgan fingerprint density at radius 2 is 2.43 bits per heavy atom. The molecule has 2 unspecified atom stereocenters. The number of thiazole rings is 1. The van der Waals surface area contributed by atoms with Crippen LogP contribution in [0.5, 0.6) is 0 Å². The van der Waals surface area contributed by atoms with E-state index in [1.165, 1.54) is 11.3 Å². The Morgan fingerprint density at radius 1 is 1.57 bits per heavy atom. The van der Waals surface area contributed by atoms with Crippen molar-refractivity contribution in [2.75, 3.05) is 5.32 Å². The molecule has 1 heterocycles. The molecule has 0 spiro atoms. The number of aliphatic hydroxyl groups excluding tert-OH is 1. The summed E-state index contributed by atoms with van der Waals surface area (Å²) in [5, 5.41) is 14.7. The van der Waals surface area contributed by atoms with Crippen LogP contribution in [0.1, 0.15) is 25.7 Å². The first-order valence-corrected chi connectivity index (χ1v) is 6.05. The van der Waals surface area contributed by atoms with E-state index >= 15 is 0 Å². The van der Waals surface area contributed by atoms with Crippen LogP contribution in [-0.2, 0) is 0 Å². The lowest BCUT2D eigenvalue weighted by Gasteiger charge is -2.26. The fraction of sp³-hybridized carbons (Fsp3) is 0.667. The molecule has 2 N–H and O–H groups in total. The van der Waals surface area contributed by atoms with Crippen molar-refractivity contribution in [1.29, 1.82) is 0 Å². The first kappa shape index (κ1) is 10.2. The Bertz CT molecular complexity index is 305. The molecule has 0 amide bonds. The number of hydrogen-bond donors (Lipinski definition) is 2. The maximum atomic E-state index is 9.48. The molecule has 2 rings (SSSR count). The fourth-order valence-corrected chi connectivity index (χ4v) is 2.53. The van der Waals surface area contributed by atoms with Crippen LogP contribution < -0.4 is 5.32 Å². The molecule has 0 aliphatic heterocycles. The summed E-state index contributed by atoms with van der Waals surface area (Å²) in [5.74, 6) is 0.833. The second-order valence-electron chi connectivity index (χ2n) is 3.65. The predicted molar refractivity (Wildman–Crippen MR) is 59.0 cm³/mol. The Balaban J connectivity index is 1.90.